The maximum atomic E-state index is 14.9. The van der Waals surface area contributed by atoms with Gasteiger partial charge in [0.2, 0.25) is 0 Å². The molecule has 0 unspecified atom stereocenters. The molecule has 0 radical (unpaired) electrons. The van der Waals surface area contributed by atoms with Crippen LogP contribution in [-0.2, 0) is 16.8 Å². The fraction of sp³-hybridized carbons (Fsp3) is 0.385. The molecule has 0 saturated heterocycles. The van der Waals surface area contributed by atoms with Crippen LogP contribution in [0.5, 0.6) is 5.75 Å². The minimum atomic E-state index is -4.27. The molecule has 1 heterocycles. The van der Waals surface area contributed by atoms with E-state index in [4.69, 9.17) is 4.74 Å². The van der Waals surface area contributed by atoms with E-state index in [1.54, 1.807) is 19.3 Å². The molecule has 4 nitrogen and oxygen atoms in total. The van der Waals surface area contributed by atoms with Gasteiger partial charge in [0.25, 0.3) is 5.91 Å². The predicted octanol–water partition coefficient (Wildman–Crippen LogP) is 5.67. The van der Waals surface area contributed by atoms with E-state index < -0.39 is 24.0 Å². The Morgan fingerprint density at radius 2 is 1.94 bits per heavy atom. The number of rotatable bonds is 6. The maximum absolute atomic E-state index is 14.9. The maximum Gasteiger partial charge on any atom is 0.389 e. The molecular weight excluding hydrogens is 448 g/mol. The topological polar surface area (TPSA) is 50.7 Å². The highest BCUT2D eigenvalue weighted by Crippen LogP contribution is 2.47. The van der Waals surface area contributed by atoms with E-state index in [0.29, 0.717) is 30.4 Å². The van der Waals surface area contributed by atoms with Crippen molar-refractivity contribution in [2.75, 3.05) is 13.7 Å². The molecule has 2 aromatic carbocycles. The van der Waals surface area contributed by atoms with E-state index in [0.717, 1.165) is 22.3 Å². The van der Waals surface area contributed by atoms with Crippen molar-refractivity contribution in [2.24, 2.45) is 4.99 Å². The number of aliphatic imine (C=N–C) groups is 1. The molecule has 0 fully saturated rings. The lowest BCUT2D eigenvalue weighted by Crippen LogP contribution is -2.48. The van der Waals surface area contributed by atoms with Crippen LogP contribution in [0, 0.1) is 12.7 Å². The Bertz CT molecular complexity index is 1150. The lowest BCUT2D eigenvalue weighted by molar-refractivity contribution is -0.136. The van der Waals surface area contributed by atoms with Gasteiger partial charge in [-0.2, -0.15) is 13.2 Å². The van der Waals surface area contributed by atoms with E-state index in [-0.39, 0.29) is 24.7 Å². The third kappa shape index (κ3) is 4.86. The first-order chi connectivity index (χ1) is 16.1. The van der Waals surface area contributed by atoms with E-state index in [2.05, 4.69) is 10.3 Å². The van der Waals surface area contributed by atoms with Crippen molar-refractivity contribution in [1.82, 2.24) is 5.32 Å². The lowest BCUT2D eigenvalue weighted by atomic mass is 9.78. The standard InChI is InChI=1S/C26H26F4N2O2/c1-16-4-6-17(7-5-16)19-14-25(32-24(33)20(19)15-31-2)10-8-18-12-23(22(27)13-21(18)25)34-11-3-9-26(28,29)30/h4-7,12-13,15H,3,8-11,14H2,1-2H3,(H,32,33)/t25-/m0/s1. The van der Waals surface area contributed by atoms with Gasteiger partial charge in [0.15, 0.2) is 11.6 Å². The summed E-state index contributed by atoms with van der Waals surface area (Å²) in [6, 6.07) is 10.8. The van der Waals surface area contributed by atoms with E-state index in [1.807, 2.05) is 31.2 Å². The molecule has 1 aliphatic heterocycles. The third-order valence-electron chi connectivity index (χ3n) is 6.42. The molecule has 8 heteroatoms. The summed E-state index contributed by atoms with van der Waals surface area (Å²) in [6.07, 6.45) is -2.30. The molecule has 2 aliphatic rings. The summed E-state index contributed by atoms with van der Waals surface area (Å²) in [5.74, 6) is -0.982. The summed E-state index contributed by atoms with van der Waals surface area (Å²) in [6.45, 7) is 1.76. The van der Waals surface area contributed by atoms with Gasteiger partial charge < -0.3 is 10.1 Å². The van der Waals surface area contributed by atoms with Gasteiger partial charge >= 0.3 is 6.18 Å². The zero-order valence-corrected chi connectivity index (χ0v) is 19.1. The van der Waals surface area contributed by atoms with Crippen LogP contribution in [0.25, 0.3) is 5.57 Å². The second-order valence-corrected chi connectivity index (χ2v) is 8.87. The fourth-order valence-electron chi connectivity index (χ4n) is 4.75. The van der Waals surface area contributed by atoms with Gasteiger partial charge in [0.1, 0.15) is 0 Å². The number of carbonyl (C=O) groups is 1. The molecule has 0 saturated carbocycles. The number of fused-ring (bicyclic) bond motifs is 2. The second-order valence-electron chi connectivity index (χ2n) is 8.87. The summed E-state index contributed by atoms with van der Waals surface area (Å²) in [4.78, 5) is 17.2. The summed E-state index contributed by atoms with van der Waals surface area (Å²) in [7, 11) is 1.61. The Balaban J connectivity index is 1.64. The monoisotopic (exact) mass is 474 g/mol. The van der Waals surface area contributed by atoms with Crippen molar-refractivity contribution >= 4 is 17.7 Å². The molecule has 4 rings (SSSR count). The Kier molecular flexibility index (Phi) is 6.51. The smallest absolute Gasteiger partial charge is 0.389 e. The van der Waals surface area contributed by atoms with Gasteiger partial charge in [-0.1, -0.05) is 29.8 Å². The van der Waals surface area contributed by atoms with Crippen molar-refractivity contribution in [2.45, 2.75) is 50.7 Å². The van der Waals surface area contributed by atoms with E-state index in [1.165, 1.54) is 6.07 Å². The number of ether oxygens (including phenoxy) is 1. The molecule has 1 aliphatic carbocycles. The summed E-state index contributed by atoms with van der Waals surface area (Å²) in [5.41, 5.74) is 4.06. The molecule has 0 aromatic heterocycles. The molecule has 1 amide bonds. The van der Waals surface area contributed by atoms with E-state index >= 15 is 0 Å². The molecular formula is C26H26F4N2O2. The Labute approximate surface area is 195 Å². The zero-order chi connectivity index (χ0) is 24.5. The minimum Gasteiger partial charge on any atom is -0.491 e. The number of nitrogens with one attached hydrogen (secondary N) is 1. The van der Waals surface area contributed by atoms with Crippen molar-refractivity contribution in [1.29, 1.82) is 0 Å². The molecule has 1 atom stereocenters. The number of nitrogens with zero attached hydrogens (tertiary/aromatic N) is 1. The highest BCUT2D eigenvalue weighted by atomic mass is 19.4. The zero-order valence-electron chi connectivity index (χ0n) is 19.1. The minimum absolute atomic E-state index is 0.0618. The molecule has 2 aromatic rings. The van der Waals surface area contributed by atoms with Crippen LogP contribution in [0.15, 0.2) is 47.0 Å². The van der Waals surface area contributed by atoms with Crippen molar-refractivity contribution in [3.05, 3.63) is 70.0 Å². The van der Waals surface area contributed by atoms with Crippen LogP contribution in [0.1, 0.15) is 47.9 Å². The van der Waals surface area contributed by atoms with E-state index in [9.17, 15) is 22.4 Å². The molecule has 0 bridgehead atoms. The largest absolute Gasteiger partial charge is 0.491 e. The Morgan fingerprint density at radius 1 is 1.21 bits per heavy atom. The Morgan fingerprint density at radius 3 is 2.62 bits per heavy atom. The first-order valence-corrected chi connectivity index (χ1v) is 11.2. The SMILES string of the molecule is CN=CC1=C(c2ccc(C)cc2)C[C@]2(CCc3cc(OCCCC(F)(F)F)c(F)cc32)NC1=O. The van der Waals surface area contributed by atoms with Crippen molar-refractivity contribution in [3.63, 3.8) is 0 Å². The predicted molar refractivity (Wildman–Crippen MR) is 122 cm³/mol. The number of halogens is 4. The van der Waals surface area contributed by atoms with Crippen LogP contribution >= 0.6 is 0 Å². The number of hydrogen-bond donors (Lipinski definition) is 1. The fourth-order valence-corrected chi connectivity index (χ4v) is 4.75. The molecule has 180 valence electrons. The van der Waals surface area contributed by atoms with Gasteiger partial charge in [0.05, 0.1) is 17.7 Å². The summed E-state index contributed by atoms with van der Waals surface area (Å²) in [5, 5.41) is 3.09. The summed E-state index contributed by atoms with van der Waals surface area (Å²) >= 11 is 0. The van der Waals surface area contributed by atoms with Gasteiger partial charge in [-0.3, -0.25) is 9.79 Å². The highest BCUT2D eigenvalue weighted by molar-refractivity contribution is 6.19. The van der Waals surface area contributed by atoms with Gasteiger partial charge in [-0.15, -0.1) is 0 Å². The first kappa shape index (κ1) is 24.0. The Hall–Kier alpha value is -3.16. The molecule has 1 N–H and O–H groups in total. The number of hydrogen-bond acceptors (Lipinski definition) is 3. The molecule has 1 spiro atoms. The number of amides is 1. The highest BCUT2D eigenvalue weighted by Gasteiger charge is 2.45. The number of carbonyl (C=O) groups excluding carboxylic acids is 1. The molecule has 34 heavy (non-hydrogen) atoms. The number of benzene rings is 2. The summed E-state index contributed by atoms with van der Waals surface area (Å²) < 4.78 is 57.3. The first-order valence-electron chi connectivity index (χ1n) is 11.2. The lowest BCUT2D eigenvalue weighted by Gasteiger charge is -2.37. The number of aryl methyl sites for hydroxylation is 2. The van der Waals surface area contributed by atoms with Gasteiger partial charge in [-0.05, 0) is 60.6 Å². The van der Waals surface area contributed by atoms with Gasteiger partial charge in [-0.25, -0.2) is 4.39 Å². The number of alkyl halides is 3. The van der Waals surface area contributed by atoms with Crippen molar-refractivity contribution in [3.8, 4) is 5.75 Å². The second kappa shape index (κ2) is 9.24. The average molecular weight is 474 g/mol. The third-order valence-corrected chi connectivity index (χ3v) is 6.42. The van der Waals surface area contributed by atoms with Crippen LogP contribution in [0.3, 0.4) is 0 Å². The average Bonchev–Trinajstić information content (AvgIpc) is 3.09. The van der Waals surface area contributed by atoms with Crippen LogP contribution in [-0.4, -0.2) is 32.0 Å². The van der Waals surface area contributed by atoms with Crippen molar-refractivity contribution < 1.29 is 27.1 Å². The van der Waals surface area contributed by atoms with Gasteiger partial charge in [0, 0.05) is 26.1 Å². The quantitative estimate of drug-likeness (QED) is 0.333. The van der Waals surface area contributed by atoms with Crippen LogP contribution < -0.4 is 10.1 Å². The van der Waals surface area contributed by atoms with Crippen LogP contribution in [0.2, 0.25) is 0 Å². The normalized spacial score (nSPS) is 20.2. The van der Waals surface area contributed by atoms with Crippen LogP contribution in [0.4, 0.5) is 17.6 Å².